The third-order valence-corrected chi connectivity index (χ3v) is 3.77. The maximum atomic E-state index is 13.6. The van der Waals surface area contributed by atoms with Crippen LogP contribution < -0.4 is 10.2 Å². The fraction of sp³-hybridized carbons (Fsp3) is 0.429. The monoisotopic (exact) mass is 342 g/mol. The quantitative estimate of drug-likeness (QED) is 0.917. The van der Waals surface area contributed by atoms with Gasteiger partial charge in [-0.05, 0) is 46.5 Å². The number of nitrogens with zero attached hydrogens (tertiary/aromatic N) is 1. The van der Waals surface area contributed by atoms with E-state index in [4.69, 9.17) is 0 Å². The SMILES string of the molecule is CC(C)CC1NC(=O)CN(c2ccc(Br)c(F)c2)C1=O. The van der Waals surface area contributed by atoms with Crippen LogP contribution in [0, 0.1) is 11.7 Å². The molecule has 1 saturated heterocycles. The lowest BCUT2D eigenvalue weighted by atomic mass is 10.0. The molecule has 2 rings (SSSR count). The van der Waals surface area contributed by atoms with Crippen LogP contribution in [0.5, 0.6) is 0 Å². The van der Waals surface area contributed by atoms with Crippen LogP contribution >= 0.6 is 15.9 Å². The number of amides is 2. The van der Waals surface area contributed by atoms with Crippen LogP contribution in [0.1, 0.15) is 20.3 Å². The summed E-state index contributed by atoms with van der Waals surface area (Å²) in [5.41, 5.74) is 0.402. The molecule has 2 amide bonds. The molecule has 1 unspecified atom stereocenters. The van der Waals surface area contributed by atoms with Crippen molar-refractivity contribution in [1.29, 1.82) is 0 Å². The van der Waals surface area contributed by atoms with Gasteiger partial charge in [-0.15, -0.1) is 0 Å². The van der Waals surface area contributed by atoms with Crippen molar-refractivity contribution in [2.75, 3.05) is 11.4 Å². The van der Waals surface area contributed by atoms with Crippen molar-refractivity contribution >= 4 is 33.4 Å². The summed E-state index contributed by atoms with van der Waals surface area (Å²) in [5, 5.41) is 2.69. The van der Waals surface area contributed by atoms with Crippen molar-refractivity contribution in [2.45, 2.75) is 26.3 Å². The number of piperazine rings is 1. The van der Waals surface area contributed by atoms with E-state index in [1.54, 1.807) is 6.07 Å². The Morgan fingerprint density at radius 2 is 2.15 bits per heavy atom. The lowest BCUT2D eigenvalue weighted by Gasteiger charge is -2.33. The molecule has 108 valence electrons. The molecule has 1 aromatic rings. The largest absolute Gasteiger partial charge is 0.343 e. The molecule has 0 radical (unpaired) electrons. The zero-order valence-electron chi connectivity index (χ0n) is 11.3. The Hall–Kier alpha value is -1.43. The first-order valence-corrected chi connectivity index (χ1v) is 7.23. The molecule has 1 N–H and O–H groups in total. The highest BCUT2D eigenvalue weighted by Crippen LogP contribution is 2.24. The van der Waals surface area contributed by atoms with Crippen LogP contribution in [0.3, 0.4) is 0 Å². The molecule has 20 heavy (non-hydrogen) atoms. The van der Waals surface area contributed by atoms with Crippen LogP contribution in [0.4, 0.5) is 10.1 Å². The van der Waals surface area contributed by atoms with Crippen molar-refractivity contribution in [3.63, 3.8) is 0 Å². The molecule has 0 saturated carbocycles. The number of hydrogen-bond acceptors (Lipinski definition) is 2. The zero-order chi connectivity index (χ0) is 14.9. The number of nitrogens with one attached hydrogen (secondary N) is 1. The predicted molar refractivity (Wildman–Crippen MR) is 77.8 cm³/mol. The van der Waals surface area contributed by atoms with Gasteiger partial charge >= 0.3 is 0 Å². The number of halogens is 2. The van der Waals surface area contributed by atoms with E-state index in [-0.39, 0.29) is 24.3 Å². The first kappa shape index (κ1) is 15.0. The molecule has 1 aromatic carbocycles. The summed E-state index contributed by atoms with van der Waals surface area (Å²) >= 11 is 3.07. The molecule has 0 spiro atoms. The molecule has 4 nitrogen and oxygen atoms in total. The van der Waals surface area contributed by atoms with Gasteiger partial charge < -0.3 is 10.2 Å². The Kier molecular flexibility index (Phi) is 4.42. The summed E-state index contributed by atoms with van der Waals surface area (Å²) in [6, 6.07) is 3.87. The average Bonchev–Trinajstić information content (AvgIpc) is 2.36. The smallest absolute Gasteiger partial charge is 0.250 e. The van der Waals surface area contributed by atoms with Gasteiger partial charge in [-0.2, -0.15) is 0 Å². The second-order valence-corrected chi connectivity index (χ2v) is 6.13. The normalized spacial score (nSPS) is 19.4. The number of rotatable bonds is 3. The zero-order valence-corrected chi connectivity index (χ0v) is 12.9. The first-order valence-electron chi connectivity index (χ1n) is 6.44. The van der Waals surface area contributed by atoms with E-state index in [2.05, 4.69) is 21.2 Å². The topological polar surface area (TPSA) is 49.4 Å². The summed E-state index contributed by atoms with van der Waals surface area (Å²) in [7, 11) is 0. The van der Waals surface area contributed by atoms with Crippen LogP contribution in [-0.2, 0) is 9.59 Å². The highest BCUT2D eigenvalue weighted by atomic mass is 79.9. The van der Waals surface area contributed by atoms with E-state index in [1.807, 2.05) is 13.8 Å². The molecule has 1 fully saturated rings. The van der Waals surface area contributed by atoms with Gasteiger partial charge in [0.15, 0.2) is 0 Å². The van der Waals surface area contributed by atoms with Crippen molar-refractivity contribution in [3.05, 3.63) is 28.5 Å². The Morgan fingerprint density at radius 3 is 2.75 bits per heavy atom. The highest BCUT2D eigenvalue weighted by Gasteiger charge is 2.33. The Morgan fingerprint density at radius 1 is 1.45 bits per heavy atom. The molecular weight excluding hydrogens is 327 g/mol. The van der Waals surface area contributed by atoms with Crippen LogP contribution in [-0.4, -0.2) is 24.4 Å². The maximum Gasteiger partial charge on any atom is 0.250 e. The highest BCUT2D eigenvalue weighted by molar-refractivity contribution is 9.10. The lowest BCUT2D eigenvalue weighted by Crippen LogP contribution is -2.58. The van der Waals surface area contributed by atoms with Gasteiger partial charge in [-0.3, -0.25) is 9.59 Å². The van der Waals surface area contributed by atoms with E-state index in [1.165, 1.54) is 17.0 Å². The fourth-order valence-corrected chi connectivity index (χ4v) is 2.46. The molecule has 0 bridgehead atoms. The fourth-order valence-electron chi connectivity index (χ4n) is 2.21. The van der Waals surface area contributed by atoms with E-state index >= 15 is 0 Å². The third-order valence-electron chi connectivity index (χ3n) is 3.12. The minimum Gasteiger partial charge on any atom is -0.343 e. The molecule has 0 aromatic heterocycles. The van der Waals surface area contributed by atoms with Crippen LogP contribution in [0.25, 0.3) is 0 Å². The van der Waals surface area contributed by atoms with Crippen LogP contribution in [0.2, 0.25) is 0 Å². The number of carbonyl (C=O) groups excluding carboxylic acids is 2. The average molecular weight is 343 g/mol. The van der Waals surface area contributed by atoms with Gasteiger partial charge in [0.05, 0.1) is 4.47 Å². The second kappa shape index (κ2) is 5.91. The van der Waals surface area contributed by atoms with Crippen molar-refractivity contribution in [2.24, 2.45) is 5.92 Å². The molecule has 1 aliphatic rings. The van der Waals surface area contributed by atoms with Gasteiger partial charge in [0.2, 0.25) is 11.8 Å². The molecular formula is C14H16BrFN2O2. The van der Waals surface area contributed by atoms with Gasteiger partial charge in [-0.25, -0.2) is 4.39 Å². The standard InChI is InChI=1S/C14H16BrFN2O2/c1-8(2)5-12-14(20)18(7-13(19)17-12)9-3-4-10(15)11(16)6-9/h3-4,6,8,12H,5,7H2,1-2H3,(H,17,19). The maximum absolute atomic E-state index is 13.6. The van der Waals surface area contributed by atoms with Crippen molar-refractivity contribution < 1.29 is 14.0 Å². The number of hydrogen-bond donors (Lipinski definition) is 1. The minimum atomic E-state index is -0.539. The predicted octanol–water partition coefficient (Wildman–Crippen LogP) is 2.47. The van der Waals surface area contributed by atoms with Gasteiger partial charge in [-0.1, -0.05) is 13.8 Å². The number of benzene rings is 1. The Bertz CT molecular complexity index is 548. The van der Waals surface area contributed by atoms with Gasteiger partial charge in [0.25, 0.3) is 0 Å². The summed E-state index contributed by atoms with van der Waals surface area (Å²) < 4.78 is 13.9. The van der Waals surface area contributed by atoms with Gasteiger partial charge in [0.1, 0.15) is 18.4 Å². The first-order chi connectivity index (χ1) is 9.38. The molecule has 0 aliphatic carbocycles. The minimum absolute atomic E-state index is 0.0749. The molecule has 1 atom stereocenters. The number of anilines is 1. The van der Waals surface area contributed by atoms with E-state index < -0.39 is 11.9 Å². The Balaban J connectivity index is 2.27. The van der Waals surface area contributed by atoms with E-state index in [9.17, 15) is 14.0 Å². The van der Waals surface area contributed by atoms with Crippen LogP contribution in [0.15, 0.2) is 22.7 Å². The van der Waals surface area contributed by atoms with Crippen molar-refractivity contribution in [3.8, 4) is 0 Å². The summed E-state index contributed by atoms with van der Waals surface area (Å²) in [6.07, 6.45) is 0.570. The van der Waals surface area contributed by atoms with Crippen molar-refractivity contribution in [1.82, 2.24) is 5.32 Å². The molecule has 1 aliphatic heterocycles. The van der Waals surface area contributed by atoms with E-state index in [0.29, 0.717) is 16.6 Å². The number of carbonyl (C=O) groups is 2. The third kappa shape index (κ3) is 3.17. The lowest BCUT2D eigenvalue weighted by molar-refractivity contribution is -0.131. The summed E-state index contributed by atoms with van der Waals surface area (Å²) in [6.45, 7) is 3.89. The van der Waals surface area contributed by atoms with Gasteiger partial charge in [0, 0.05) is 5.69 Å². The Labute approximate surface area is 125 Å². The summed E-state index contributed by atoms with van der Waals surface area (Å²) in [5.74, 6) is -0.592. The van der Waals surface area contributed by atoms with E-state index in [0.717, 1.165) is 0 Å². The second-order valence-electron chi connectivity index (χ2n) is 5.27. The summed E-state index contributed by atoms with van der Waals surface area (Å²) in [4.78, 5) is 25.4. The molecule has 1 heterocycles. The molecule has 6 heteroatoms.